The lowest BCUT2D eigenvalue weighted by molar-refractivity contribution is 1.18. The number of rotatable bonds is 2. The van der Waals surface area contributed by atoms with E-state index in [0.717, 1.165) is 22.2 Å². The van der Waals surface area contributed by atoms with E-state index in [1.165, 1.54) is 5.39 Å². The molecule has 0 bridgehead atoms. The number of halogens is 1. The summed E-state index contributed by atoms with van der Waals surface area (Å²) in [6.07, 6.45) is 0. The van der Waals surface area contributed by atoms with Gasteiger partial charge in [-0.2, -0.15) is 0 Å². The van der Waals surface area contributed by atoms with Crippen molar-refractivity contribution >= 4 is 22.4 Å². The van der Waals surface area contributed by atoms with E-state index in [1.54, 1.807) is 6.07 Å². The molecule has 1 aromatic heterocycles. The Balaban J connectivity index is 1.86. The second-order valence-electron chi connectivity index (χ2n) is 5.33. The van der Waals surface area contributed by atoms with E-state index in [4.69, 9.17) is 11.6 Å². The average Bonchev–Trinajstić information content (AvgIpc) is 2.61. The maximum absolute atomic E-state index is 6.22. The van der Waals surface area contributed by atoms with Crippen molar-refractivity contribution in [2.75, 3.05) is 0 Å². The van der Waals surface area contributed by atoms with Gasteiger partial charge in [-0.3, -0.25) is 0 Å². The predicted octanol–water partition coefficient (Wildman–Crippen LogP) is 5.62. The Hall–Kier alpha value is -2.71. The predicted molar refractivity (Wildman–Crippen MR) is 95.4 cm³/mol. The van der Waals surface area contributed by atoms with Crippen LogP contribution in [0.2, 0.25) is 5.15 Å². The zero-order valence-corrected chi connectivity index (χ0v) is 13.0. The van der Waals surface area contributed by atoms with Crippen LogP contribution in [-0.2, 0) is 0 Å². The van der Waals surface area contributed by atoms with E-state index in [9.17, 15) is 0 Å². The minimum absolute atomic E-state index is 0.446. The summed E-state index contributed by atoms with van der Waals surface area (Å²) >= 11 is 6.22. The van der Waals surface area contributed by atoms with E-state index in [-0.39, 0.29) is 0 Å². The second-order valence-corrected chi connectivity index (χ2v) is 5.71. The molecule has 0 amide bonds. The molecule has 0 aliphatic rings. The fourth-order valence-electron chi connectivity index (χ4n) is 2.63. The first-order valence-electron chi connectivity index (χ1n) is 7.39. The molecule has 0 atom stereocenters. The molecular weight excluding hydrogens is 304 g/mol. The highest BCUT2D eigenvalue weighted by molar-refractivity contribution is 6.29. The number of aromatic nitrogens is 2. The first kappa shape index (κ1) is 13.9. The molecular formula is C20H13ClN2. The number of hydrogen-bond donors (Lipinski definition) is 0. The molecule has 4 aromatic rings. The largest absolute Gasteiger partial charge is 0.228 e. The topological polar surface area (TPSA) is 25.8 Å². The molecule has 23 heavy (non-hydrogen) atoms. The fourth-order valence-corrected chi connectivity index (χ4v) is 2.82. The Morgan fingerprint density at radius 3 is 2.17 bits per heavy atom. The van der Waals surface area contributed by atoms with Crippen molar-refractivity contribution in [1.82, 2.24) is 9.97 Å². The molecule has 0 unspecified atom stereocenters. The van der Waals surface area contributed by atoms with Crippen LogP contribution in [0.15, 0.2) is 78.9 Å². The Labute approximate surface area is 139 Å². The first-order valence-corrected chi connectivity index (χ1v) is 7.76. The Bertz CT molecular complexity index is 981. The van der Waals surface area contributed by atoms with Crippen molar-refractivity contribution in [1.29, 1.82) is 0 Å². The Kier molecular flexibility index (Phi) is 3.52. The van der Waals surface area contributed by atoms with Gasteiger partial charge in [-0.15, -0.1) is 0 Å². The lowest BCUT2D eigenvalue weighted by Gasteiger charge is -2.07. The minimum Gasteiger partial charge on any atom is -0.228 e. The van der Waals surface area contributed by atoms with Gasteiger partial charge < -0.3 is 0 Å². The number of hydrogen-bond acceptors (Lipinski definition) is 2. The van der Waals surface area contributed by atoms with Crippen LogP contribution in [0.5, 0.6) is 0 Å². The van der Waals surface area contributed by atoms with E-state index < -0.39 is 0 Å². The van der Waals surface area contributed by atoms with E-state index >= 15 is 0 Å². The number of nitrogens with zero attached hydrogens (tertiary/aromatic N) is 2. The fraction of sp³-hybridized carbons (Fsp3) is 0. The highest BCUT2D eigenvalue weighted by Crippen LogP contribution is 2.26. The lowest BCUT2D eigenvalue weighted by atomic mass is 10.1. The highest BCUT2D eigenvalue weighted by atomic mass is 35.5. The van der Waals surface area contributed by atoms with Crippen molar-refractivity contribution in [3.05, 3.63) is 84.0 Å². The van der Waals surface area contributed by atoms with Gasteiger partial charge in [0, 0.05) is 17.2 Å². The Morgan fingerprint density at radius 2 is 1.35 bits per heavy atom. The van der Waals surface area contributed by atoms with E-state index in [1.807, 2.05) is 48.5 Å². The zero-order chi connectivity index (χ0) is 15.6. The highest BCUT2D eigenvalue weighted by Gasteiger charge is 2.08. The van der Waals surface area contributed by atoms with E-state index in [0.29, 0.717) is 11.0 Å². The van der Waals surface area contributed by atoms with Crippen LogP contribution < -0.4 is 0 Å². The Morgan fingerprint density at radius 1 is 0.609 bits per heavy atom. The van der Waals surface area contributed by atoms with Gasteiger partial charge in [0.05, 0.1) is 5.69 Å². The summed E-state index contributed by atoms with van der Waals surface area (Å²) in [6, 6.07) is 26.2. The molecule has 0 saturated carbocycles. The van der Waals surface area contributed by atoms with Crippen molar-refractivity contribution in [2.24, 2.45) is 0 Å². The first-order chi connectivity index (χ1) is 11.3. The van der Waals surface area contributed by atoms with Crippen molar-refractivity contribution in [2.45, 2.75) is 0 Å². The van der Waals surface area contributed by atoms with Crippen LogP contribution in [0, 0.1) is 0 Å². The lowest BCUT2D eigenvalue weighted by Crippen LogP contribution is -1.93. The van der Waals surface area contributed by atoms with Gasteiger partial charge in [0.2, 0.25) is 0 Å². The molecule has 3 aromatic carbocycles. The zero-order valence-electron chi connectivity index (χ0n) is 12.3. The quantitative estimate of drug-likeness (QED) is 0.449. The van der Waals surface area contributed by atoms with Crippen LogP contribution >= 0.6 is 11.6 Å². The molecule has 0 saturated heterocycles. The van der Waals surface area contributed by atoms with Crippen LogP contribution in [0.1, 0.15) is 0 Å². The third kappa shape index (κ3) is 2.81. The molecule has 0 fully saturated rings. The van der Waals surface area contributed by atoms with Crippen LogP contribution in [-0.4, -0.2) is 9.97 Å². The van der Waals surface area contributed by atoms with Crippen molar-refractivity contribution < 1.29 is 0 Å². The number of fused-ring (bicyclic) bond motifs is 1. The summed E-state index contributed by atoms with van der Waals surface area (Å²) < 4.78 is 0. The molecule has 0 aliphatic carbocycles. The van der Waals surface area contributed by atoms with Crippen LogP contribution in [0.3, 0.4) is 0 Å². The molecule has 0 spiro atoms. The van der Waals surface area contributed by atoms with Gasteiger partial charge in [0.25, 0.3) is 0 Å². The maximum Gasteiger partial charge on any atom is 0.161 e. The summed E-state index contributed by atoms with van der Waals surface area (Å²) in [7, 11) is 0. The molecule has 2 nitrogen and oxygen atoms in total. The standard InChI is InChI=1S/C20H13ClN2/c21-19-13-18(15-7-2-1-3-8-15)22-20(23-19)17-11-10-14-6-4-5-9-16(14)12-17/h1-13H. The molecule has 110 valence electrons. The van der Waals surface area contributed by atoms with Crippen molar-refractivity contribution in [3.63, 3.8) is 0 Å². The SMILES string of the molecule is Clc1cc(-c2ccccc2)nc(-c2ccc3ccccc3c2)n1. The normalized spacial score (nSPS) is 10.8. The molecule has 0 N–H and O–H groups in total. The maximum atomic E-state index is 6.22. The van der Waals surface area contributed by atoms with Crippen molar-refractivity contribution in [3.8, 4) is 22.6 Å². The summed E-state index contributed by atoms with van der Waals surface area (Å²) in [5.41, 5.74) is 2.82. The summed E-state index contributed by atoms with van der Waals surface area (Å²) in [6.45, 7) is 0. The van der Waals surface area contributed by atoms with Gasteiger partial charge in [-0.25, -0.2) is 9.97 Å². The van der Waals surface area contributed by atoms with Crippen LogP contribution in [0.25, 0.3) is 33.4 Å². The summed E-state index contributed by atoms with van der Waals surface area (Å²) in [4.78, 5) is 9.08. The molecule has 4 rings (SSSR count). The monoisotopic (exact) mass is 316 g/mol. The van der Waals surface area contributed by atoms with E-state index in [2.05, 4.69) is 34.2 Å². The molecule has 0 radical (unpaired) electrons. The van der Waals surface area contributed by atoms with Gasteiger partial charge in [0.15, 0.2) is 5.82 Å². The van der Waals surface area contributed by atoms with Gasteiger partial charge >= 0.3 is 0 Å². The summed E-state index contributed by atoms with van der Waals surface area (Å²) in [5.74, 6) is 0.641. The summed E-state index contributed by atoms with van der Waals surface area (Å²) in [5, 5.41) is 2.80. The molecule has 3 heteroatoms. The third-order valence-electron chi connectivity index (χ3n) is 3.77. The van der Waals surface area contributed by atoms with Gasteiger partial charge in [-0.1, -0.05) is 78.3 Å². The average molecular weight is 317 g/mol. The second kappa shape index (κ2) is 5.82. The van der Waals surface area contributed by atoms with Gasteiger partial charge in [-0.05, 0) is 16.8 Å². The minimum atomic E-state index is 0.446. The smallest absolute Gasteiger partial charge is 0.161 e. The van der Waals surface area contributed by atoms with Crippen LogP contribution in [0.4, 0.5) is 0 Å². The molecule has 0 aliphatic heterocycles. The molecule has 1 heterocycles. The van der Waals surface area contributed by atoms with Gasteiger partial charge in [0.1, 0.15) is 5.15 Å². The number of benzene rings is 3. The third-order valence-corrected chi connectivity index (χ3v) is 3.97.